The summed E-state index contributed by atoms with van der Waals surface area (Å²) in [6, 6.07) is 5.58. The molecule has 0 aromatic heterocycles. The monoisotopic (exact) mass is 280 g/mol. The van der Waals surface area contributed by atoms with Gasteiger partial charge in [0.15, 0.2) is 0 Å². The van der Waals surface area contributed by atoms with Crippen LogP contribution < -0.4 is 4.74 Å². The van der Waals surface area contributed by atoms with Gasteiger partial charge in [0, 0.05) is 17.0 Å². The smallest absolute Gasteiger partial charge is 0.126 e. The fraction of sp³-hybridized carbons (Fsp3) is 0.625. The molecule has 3 heteroatoms. The first-order valence-corrected chi connectivity index (χ1v) is 7.73. The van der Waals surface area contributed by atoms with Gasteiger partial charge in [0.1, 0.15) is 11.4 Å². The van der Waals surface area contributed by atoms with E-state index in [0.29, 0.717) is 11.4 Å². The summed E-state index contributed by atoms with van der Waals surface area (Å²) in [5.41, 5.74) is 0.695. The maximum atomic E-state index is 10.4. The Balaban J connectivity index is 1.88. The molecule has 1 aromatic carbocycles. The fourth-order valence-corrected chi connectivity index (χ4v) is 3.65. The second-order valence-corrected chi connectivity index (χ2v) is 6.39. The van der Waals surface area contributed by atoms with Gasteiger partial charge < -0.3 is 9.84 Å². The van der Waals surface area contributed by atoms with Crippen LogP contribution in [0.2, 0.25) is 5.02 Å². The lowest BCUT2D eigenvalue weighted by molar-refractivity contribution is -0.0312. The summed E-state index contributed by atoms with van der Waals surface area (Å²) in [5, 5.41) is 11.1. The fourth-order valence-electron chi connectivity index (χ4n) is 3.47. The van der Waals surface area contributed by atoms with Crippen LogP contribution in [-0.4, -0.2) is 10.7 Å². The van der Waals surface area contributed by atoms with Gasteiger partial charge in [-0.2, -0.15) is 0 Å². The van der Waals surface area contributed by atoms with Gasteiger partial charge in [0.2, 0.25) is 0 Å². The molecule has 1 spiro atoms. The highest BCUT2D eigenvalue weighted by atomic mass is 35.5. The Hall–Kier alpha value is -0.730. The molecular formula is C16H21ClO2. The number of halogens is 1. The molecule has 0 saturated heterocycles. The molecule has 1 aromatic rings. The average molecular weight is 281 g/mol. The van der Waals surface area contributed by atoms with Crippen molar-refractivity contribution in [2.24, 2.45) is 0 Å². The van der Waals surface area contributed by atoms with Crippen molar-refractivity contribution in [3.63, 3.8) is 0 Å². The Bertz CT molecular complexity index is 450. The summed E-state index contributed by atoms with van der Waals surface area (Å²) in [5.74, 6) is 0.823. The predicted molar refractivity (Wildman–Crippen MR) is 76.7 cm³/mol. The van der Waals surface area contributed by atoms with Crippen LogP contribution in [0.15, 0.2) is 18.2 Å². The van der Waals surface area contributed by atoms with Gasteiger partial charge in [-0.05, 0) is 43.9 Å². The number of benzene rings is 1. The lowest BCUT2D eigenvalue weighted by Gasteiger charge is -2.42. The van der Waals surface area contributed by atoms with E-state index in [4.69, 9.17) is 16.3 Å². The molecule has 19 heavy (non-hydrogen) atoms. The molecule has 1 aliphatic heterocycles. The Morgan fingerprint density at radius 3 is 2.53 bits per heavy atom. The Kier molecular flexibility index (Phi) is 3.72. The van der Waals surface area contributed by atoms with E-state index in [9.17, 15) is 5.11 Å². The van der Waals surface area contributed by atoms with E-state index < -0.39 is 6.10 Å². The van der Waals surface area contributed by atoms with Crippen LogP contribution in [0.3, 0.4) is 0 Å². The van der Waals surface area contributed by atoms with Crippen molar-refractivity contribution in [3.05, 3.63) is 28.8 Å². The minimum atomic E-state index is -0.443. The lowest BCUT2D eigenvalue weighted by atomic mass is 9.79. The van der Waals surface area contributed by atoms with Crippen molar-refractivity contribution in [3.8, 4) is 5.75 Å². The predicted octanol–water partition coefficient (Wildman–Crippen LogP) is 4.64. The van der Waals surface area contributed by atoms with Gasteiger partial charge in [0.25, 0.3) is 0 Å². The minimum Gasteiger partial charge on any atom is -0.487 e. The third kappa shape index (κ3) is 2.75. The Morgan fingerprint density at radius 2 is 1.79 bits per heavy atom. The molecule has 1 saturated carbocycles. The van der Waals surface area contributed by atoms with Crippen molar-refractivity contribution >= 4 is 11.6 Å². The molecule has 1 heterocycles. The molecule has 2 nitrogen and oxygen atoms in total. The highest BCUT2D eigenvalue weighted by Crippen LogP contribution is 2.45. The molecule has 104 valence electrons. The van der Waals surface area contributed by atoms with E-state index in [-0.39, 0.29) is 5.60 Å². The van der Waals surface area contributed by atoms with E-state index in [1.54, 1.807) is 0 Å². The molecule has 0 radical (unpaired) electrons. The average Bonchev–Trinajstić information content (AvgIpc) is 2.36. The summed E-state index contributed by atoms with van der Waals surface area (Å²) < 4.78 is 6.30. The van der Waals surface area contributed by atoms with E-state index in [0.717, 1.165) is 24.2 Å². The molecule has 2 aliphatic rings. The van der Waals surface area contributed by atoms with Gasteiger partial charge in [0.05, 0.1) is 6.10 Å². The largest absolute Gasteiger partial charge is 0.487 e. The second-order valence-electron chi connectivity index (χ2n) is 5.95. The number of aliphatic hydroxyl groups is 1. The summed E-state index contributed by atoms with van der Waals surface area (Å²) in [7, 11) is 0. The summed E-state index contributed by atoms with van der Waals surface area (Å²) in [6.07, 6.45) is 8.71. The standard InChI is InChI=1S/C16H21ClO2/c17-12-6-7-15-13(10-12)14(18)11-16(19-15)8-4-2-1-3-5-9-16/h6-7,10,14,18H,1-5,8-9,11H2. The van der Waals surface area contributed by atoms with E-state index in [1.165, 1.54) is 32.1 Å². The summed E-state index contributed by atoms with van der Waals surface area (Å²) in [6.45, 7) is 0. The Labute approximate surface area is 119 Å². The van der Waals surface area contributed by atoms with Crippen molar-refractivity contribution < 1.29 is 9.84 Å². The van der Waals surface area contributed by atoms with Crippen LogP contribution in [-0.2, 0) is 0 Å². The highest BCUT2D eigenvalue weighted by molar-refractivity contribution is 6.30. The van der Waals surface area contributed by atoms with Crippen LogP contribution in [0.5, 0.6) is 5.75 Å². The quantitative estimate of drug-likeness (QED) is 0.750. The zero-order valence-corrected chi connectivity index (χ0v) is 12.0. The summed E-state index contributed by atoms with van der Waals surface area (Å²) >= 11 is 6.00. The lowest BCUT2D eigenvalue weighted by Crippen LogP contribution is -2.41. The van der Waals surface area contributed by atoms with Gasteiger partial charge in [-0.25, -0.2) is 0 Å². The summed E-state index contributed by atoms with van der Waals surface area (Å²) in [4.78, 5) is 0. The van der Waals surface area contributed by atoms with Crippen molar-refractivity contribution in [2.75, 3.05) is 0 Å². The van der Waals surface area contributed by atoms with Crippen molar-refractivity contribution in [1.82, 2.24) is 0 Å². The SMILES string of the molecule is OC1CC2(CCCCCCC2)Oc2ccc(Cl)cc21. The first-order chi connectivity index (χ1) is 9.19. The van der Waals surface area contributed by atoms with Crippen molar-refractivity contribution in [2.45, 2.75) is 63.1 Å². The first kappa shape index (κ1) is 13.3. The van der Waals surface area contributed by atoms with Crippen LogP contribution in [0.1, 0.15) is 63.0 Å². The van der Waals surface area contributed by atoms with Crippen LogP contribution in [0.4, 0.5) is 0 Å². The zero-order valence-electron chi connectivity index (χ0n) is 11.2. The van der Waals surface area contributed by atoms with Crippen molar-refractivity contribution in [1.29, 1.82) is 0 Å². The molecule has 1 N–H and O–H groups in total. The van der Waals surface area contributed by atoms with Gasteiger partial charge >= 0.3 is 0 Å². The van der Waals surface area contributed by atoms with Crippen LogP contribution >= 0.6 is 11.6 Å². The third-order valence-corrected chi connectivity index (χ3v) is 4.72. The zero-order chi connectivity index (χ0) is 13.3. The van der Waals surface area contributed by atoms with E-state index in [2.05, 4.69) is 0 Å². The molecule has 1 atom stereocenters. The number of ether oxygens (including phenoxy) is 1. The number of aliphatic hydroxyl groups excluding tert-OH is 1. The minimum absolute atomic E-state index is 0.152. The molecule has 1 aliphatic carbocycles. The number of hydrogen-bond donors (Lipinski definition) is 1. The molecule has 0 amide bonds. The maximum absolute atomic E-state index is 10.4. The first-order valence-electron chi connectivity index (χ1n) is 7.35. The van der Waals surface area contributed by atoms with Gasteiger partial charge in [-0.1, -0.05) is 30.9 Å². The van der Waals surface area contributed by atoms with E-state index in [1.807, 2.05) is 18.2 Å². The third-order valence-electron chi connectivity index (χ3n) is 4.49. The maximum Gasteiger partial charge on any atom is 0.126 e. The second kappa shape index (κ2) is 5.34. The number of rotatable bonds is 0. The van der Waals surface area contributed by atoms with Gasteiger partial charge in [-0.15, -0.1) is 0 Å². The van der Waals surface area contributed by atoms with Crippen LogP contribution in [0, 0.1) is 0 Å². The highest BCUT2D eigenvalue weighted by Gasteiger charge is 2.40. The molecule has 1 unspecified atom stereocenters. The normalized spacial score (nSPS) is 26.1. The molecule has 1 fully saturated rings. The number of fused-ring (bicyclic) bond motifs is 1. The van der Waals surface area contributed by atoms with E-state index >= 15 is 0 Å². The molecule has 3 rings (SSSR count). The Morgan fingerprint density at radius 1 is 1.11 bits per heavy atom. The van der Waals surface area contributed by atoms with Crippen LogP contribution in [0.25, 0.3) is 0 Å². The molecule has 0 bridgehead atoms. The topological polar surface area (TPSA) is 29.5 Å². The van der Waals surface area contributed by atoms with Gasteiger partial charge in [-0.3, -0.25) is 0 Å². The molecular weight excluding hydrogens is 260 g/mol. The number of hydrogen-bond acceptors (Lipinski definition) is 2.